The molecule has 1 amide bonds. The lowest BCUT2D eigenvalue weighted by Gasteiger charge is -2.22. The molecule has 0 radical (unpaired) electrons. The van der Waals surface area contributed by atoms with Crippen LogP contribution in [0, 0.1) is 5.82 Å². The monoisotopic (exact) mass is 376 g/mol. The highest BCUT2D eigenvalue weighted by molar-refractivity contribution is 7.89. The van der Waals surface area contributed by atoms with Crippen LogP contribution in [-0.4, -0.2) is 20.4 Å². The summed E-state index contributed by atoms with van der Waals surface area (Å²) in [6.45, 7) is 0. The number of rotatable bonds is 5. The average molecular weight is 376 g/mol. The molecule has 0 aromatic heterocycles. The third kappa shape index (κ3) is 4.68. The number of benzene rings is 2. The molecule has 3 rings (SSSR count). The van der Waals surface area contributed by atoms with Gasteiger partial charge in [-0.25, -0.2) is 17.5 Å². The lowest BCUT2D eigenvalue weighted by atomic mass is 9.96. The predicted octanol–water partition coefficient (Wildman–Crippen LogP) is 3.69. The molecule has 1 aliphatic rings. The van der Waals surface area contributed by atoms with Crippen LogP contribution in [0.5, 0.6) is 0 Å². The fourth-order valence-electron chi connectivity index (χ4n) is 3.05. The van der Waals surface area contributed by atoms with E-state index in [-0.39, 0.29) is 10.9 Å². The molecule has 1 saturated carbocycles. The quantitative estimate of drug-likeness (QED) is 0.836. The smallest absolute Gasteiger partial charge is 0.255 e. The van der Waals surface area contributed by atoms with E-state index >= 15 is 0 Å². The van der Waals surface area contributed by atoms with Crippen LogP contribution in [-0.2, 0) is 10.0 Å². The average Bonchev–Trinajstić information content (AvgIpc) is 2.63. The number of sulfonamides is 1. The number of hydrogen-bond acceptors (Lipinski definition) is 3. The second kappa shape index (κ2) is 7.97. The molecule has 2 N–H and O–H groups in total. The van der Waals surface area contributed by atoms with Gasteiger partial charge >= 0.3 is 0 Å². The molecule has 2 aromatic carbocycles. The molecule has 7 heteroatoms. The SMILES string of the molecule is O=C(Nc1cccc(S(=O)(=O)NC2CCCCC2)c1)c1ccc(F)cc1. The zero-order valence-corrected chi connectivity index (χ0v) is 15.1. The first kappa shape index (κ1) is 18.5. The highest BCUT2D eigenvalue weighted by atomic mass is 32.2. The van der Waals surface area contributed by atoms with E-state index in [0.717, 1.165) is 32.1 Å². The van der Waals surface area contributed by atoms with Crippen LogP contribution in [0.2, 0.25) is 0 Å². The third-order valence-corrected chi connectivity index (χ3v) is 5.95. The fourth-order valence-corrected chi connectivity index (χ4v) is 4.40. The Labute approximate surface area is 152 Å². The first-order valence-corrected chi connectivity index (χ1v) is 10.1. The van der Waals surface area contributed by atoms with Gasteiger partial charge in [0.25, 0.3) is 5.91 Å². The maximum Gasteiger partial charge on any atom is 0.255 e. The number of amides is 1. The molecule has 2 aromatic rings. The van der Waals surface area contributed by atoms with Crippen molar-refractivity contribution in [2.24, 2.45) is 0 Å². The molecule has 0 aliphatic heterocycles. The van der Waals surface area contributed by atoms with Gasteiger partial charge in [0.05, 0.1) is 4.90 Å². The highest BCUT2D eigenvalue weighted by Crippen LogP contribution is 2.21. The summed E-state index contributed by atoms with van der Waals surface area (Å²) in [5.74, 6) is -0.858. The van der Waals surface area contributed by atoms with Gasteiger partial charge in [-0.15, -0.1) is 0 Å². The molecule has 0 saturated heterocycles. The van der Waals surface area contributed by atoms with Crippen molar-refractivity contribution in [3.63, 3.8) is 0 Å². The van der Waals surface area contributed by atoms with Crippen LogP contribution in [0.4, 0.5) is 10.1 Å². The van der Waals surface area contributed by atoms with Crippen molar-refractivity contribution in [1.29, 1.82) is 0 Å². The molecule has 0 bridgehead atoms. The minimum Gasteiger partial charge on any atom is -0.322 e. The molecular formula is C19H21FN2O3S. The van der Waals surface area contributed by atoms with Gasteiger partial charge in [-0.1, -0.05) is 25.3 Å². The van der Waals surface area contributed by atoms with Crippen molar-refractivity contribution in [3.05, 3.63) is 59.9 Å². The first-order valence-electron chi connectivity index (χ1n) is 8.63. The number of anilines is 1. The Hall–Kier alpha value is -2.25. The van der Waals surface area contributed by atoms with E-state index in [1.165, 1.54) is 36.4 Å². The predicted molar refractivity (Wildman–Crippen MR) is 98.0 cm³/mol. The zero-order chi connectivity index (χ0) is 18.6. The molecule has 1 fully saturated rings. The summed E-state index contributed by atoms with van der Waals surface area (Å²) in [4.78, 5) is 12.3. The van der Waals surface area contributed by atoms with E-state index in [2.05, 4.69) is 10.0 Å². The largest absolute Gasteiger partial charge is 0.322 e. The third-order valence-electron chi connectivity index (χ3n) is 4.44. The van der Waals surface area contributed by atoms with E-state index in [4.69, 9.17) is 0 Å². The van der Waals surface area contributed by atoms with Gasteiger partial charge in [0.2, 0.25) is 10.0 Å². The van der Waals surface area contributed by atoms with Gasteiger partial charge in [-0.2, -0.15) is 0 Å². The first-order chi connectivity index (χ1) is 12.4. The minimum atomic E-state index is -3.64. The van der Waals surface area contributed by atoms with Crippen LogP contribution in [0.3, 0.4) is 0 Å². The molecule has 26 heavy (non-hydrogen) atoms. The van der Waals surface area contributed by atoms with Gasteiger partial charge in [0.1, 0.15) is 5.82 Å². The van der Waals surface area contributed by atoms with Gasteiger partial charge in [-0.3, -0.25) is 4.79 Å². The normalized spacial score (nSPS) is 15.6. The number of halogens is 1. The van der Waals surface area contributed by atoms with E-state index in [0.29, 0.717) is 11.3 Å². The summed E-state index contributed by atoms with van der Waals surface area (Å²) >= 11 is 0. The van der Waals surface area contributed by atoms with E-state index in [9.17, 15) is 17.6 Å². The van der Waals surface area contributed by atoms with Crippen molar-refractivity contribution in [1.82, 2.24) is 4.72 Å². The van der Waals surface area contributed by atoms with Crippen LogP contribution in [0.1, 0.15) is 42.5 Å². The summed E-state index contributed by atoms with van der Waals surface area (Å²) < 4.78 is 40.9. The molecule has 1 aliphatic carbocycles. The molecule has 138 valence electrons. The van der Waals surface area contributed by atoms with Crippen LogP contribution in [0.25, 0.3) is 0 Å². The van der Waals surface area contributed by atoms with E-state index in [1.807, 2.05) is 0 Å². The summed E-state index contributed by atoms with van der Waals surface area (Å²) in [5, 5.41) is 2.64. The van der Waals surface area contributed by atoms with Gasteiger partial charge in [0, 0.05) is 17.3 Å². The fraction of sp³-hybridized carbons (Fsp3) is 0.316. The molecule has 0 unspecified atom stereocenters. The summed E-state index contributed by atoms with van der Waals surface area (Å²) in [7, 11) is -3.64. The van der Waals surface area contributed by atoms with Crippen molar-refractivity contribution in [2.45, 2.75) is 43.0 Å². The lowest BCUT2D eigenvalue weighted by molar-refractivity contribution is 0.102. The second-order valence-electron chi connectivity index (χ2n) is 6.45. The molecule has 0 spiro atoms. The van der Waals surface area contributed by atoms with E-state index < -0.39 is 21.7 Å². The Balaban J connectivity index is 1.72. The van der Waals surface area contributed by atoms with Crippen molar-refractivity contribution >= 4 is 21.6 Å². The Morgan fingerprint density at radius 3 is 2.38 bits per heavy atom. The highest BCUT2D eigenvalue weighted by Gasteiger charge is 2.22. The van der Waals surface area contributed by atoms with Crippen LogP contribution in [0.15, 0.2) is 53.4 Å². The Kier molecular flexibility index (Phi) is 5.68. The Morgan fingerprint density at radius 1 is 1.00 bits per heavy atom. The number of nitrogens with one attached hydrogen (secondary N) is 2. The lowest BCUT2D eigenvalue weighted by Crippen LogP contribution is -2.36. The Bertz CT molecular complexity index is 876. The van der Waals surface area contributed by atoms with Crippen LogP contribution >= 0.6 is 0 Å². The molecule has 0 atom stereocenters. The molecule has 0 heterocycles. The number of carbonyl (C=O) groups excluding carboxylic acids is 1. The Morgan fingerprint density at radius 2 is 1.69 bits per heavy atom. The van der Waals surface area contributed by atoms with Crippen molar-refractivity contribution in [3.8, 4) is 0 Å². The summed E-state index contributed by atoms with van der Waals surface area (Å²) in [6.07, 6.45) is 4.89. The van der Waals surface area contributed by atoms with Gasteiger partial charge < -0.3 is 5.32 Å². The summed E-state index contributed by atoms with van der Waals surface area (Å²) in [5.41, 5.74) is 0.658. The summed E-state index contributed by atoms with van der Waals surface area (Å²) in [6, 6.07) is 11.2. The molecule has 5 nitrogen and oxygen atoms in total. The zero-order valence-electron chi connectivity index (χ0n) is 14.2. The maximum atomic E-state index is 12.9. The number of carbonyl (C=O) groups is 1. The maximum absolute atomic E-state index is 12.9. The number of hydrogen-bond donors (Lipinski definition) is 2. The van der Waals surface area contributed by atoms with Crippen LogP contribution < -0.4 is 10.0 Å². The standard InChI is InChI=1S/C19H21FN2O3S/c20-15-11-9-14(10-12-15)19(23)21-17-7-4-8-18(13-17)26(24,25)22-16-5-2-1-3-6-16/h4,7-13,16,22H,1-3,5-6H2,(H,21,23). The van der Waals surface area contributed by atoms with Crippen molar-refractivity contribution in [2.75, 3.05) is 5.32 Å². The second-order valence-corrected chi connectivity index (χ2v) is 8.16. The molecular weight excluding hydrogens is 355 g/mol. The van der Waals surface area contributed by atoms with Crippen molar-refractivity contribution < 1.29 is 17.6 Å². The van der Waals surface area contributed by atoms with Gasteiger partial charge in [0.15, 0.2) is 0 Å². The minimum absolute atomic E-state index is 0.0359. The van der Waals surface area contributed by atoms with Gasteiger partial charge in [-0.05, 0) is 55.3 Å². The topological polar surface area (TPSA) is 75.3 Å². The van der Waals surface area contributed by atoms with E-state index in [1.54, 1.807) is 12.1 Å².